The van der Waals surface area contributed by atoms with Crippen LogP contribution in [0.15, 0.2) is 48.5 Å². The van der Waals surface area contributed by atoms with E-state index in [2.05, 4.69) is 34.3 Å². The van der Waals surface area contributed by atoms with Gasteiger partial charge in [-0.05, 0) is 94.7 Å². The minimum Gasteiger partial charge on any atom is -0.444 e. The topological polar surface area (TPSA) is 185 Å². The third-order valence-electron chi connectivity index (χ3n) is 9.24. The number of piperazine rings is 2. The molecule has 2 aromatic carbocycles. The van der Waals surface area contributed by atoms with Gasteiger partial charge in [0.05, 0.1) is 6.42 Å². The van der Waals surface area contributed by atoms with Crippen molar-refractivity contribution in [3.8, 4) is 23.7 Å². The fourth-order valence-corrected chi connectivity index (χ4v) is 6.38. The number of carbonyl (C=O) groups excluding carboxylic acids is 6. The Kier molecular flexibility index (Phi) is 16.4. The van der Waals surface area contributed by atoms with Gasteiger partial charge in [-0.15, -0.1) is 0 Å². The lowest BCUT2D eigenvalue weighted by Crippen LogP contribution is -2.54. The maximum Gasteiger partial charge on any atom is 0.412 e. The van der Waals surface area contributed by atoms with Gasteiger partial charge in [0.15, 0.2) is 6.10 Å². The molecule has 2 heterocycles. The van der Waals surface area contributed by atoms with Crippen molar-refractivity contribution >= 4 is 47.4 Å². The maximum absolute atomic E-state index is 13.2. The third-order valence-corrected chi connectivity index (χ3v) is 9.24. The Morgan fingerprint density at radius 3 is 1.49 bits per heavy atom. The van der Waals surface area contributed by atoms with Crippen LogP contribution in [0.2, 0.25) is 0 Å². The van der Waals surface area contributed by atoms with Gasteiger partial charge in [0, 0.05) is 90.9 Å². The van der Waals surface area contributed by atoms with E-state index in [0.29, 0.717) is 44.1 Å². The molecular formula is C44H58N8O9. The van der Waals surface area contributed by atoms with Gasteiger partial charge in [-0.1, -0.05) is 30.2 Å². The van der Waals surface area contributed by atoms with Crippen LogP contribution in [0.3, 0.4) is 0 Å². The number of carbonyl (C=O) groups is 6. The number of nitrogens with one attached hydrogen (secondary N) is 2. The Labute approximate surface area is 358 Å². The van der Waals surface area contributed by atoms with Gasteiger partial charge in [0.1, 0.15) is 11.2 Å². The number of hydrogen-bond donors (Lipinski definition) is 3. The molecule has 0 aromatic heterocycles. The van der Waals surface area contributed by atoms with Gasteiger partial charge < -0.3 is 44.0 Å². The van der Waals surface area contributed by atoms with Crippen LogP contribution in [0.4, 0.5) is 30.6 Å². The van der Waals surface area contributed by atoms with Crippen LogP contribution in [0.1, 0.15) is 59.1 Å². The summed E-state index contributed by atoms with van der Waals surface area (Å²) >= 11 is 0. The van der Waals surface area contributed by atoms with Gasteiger partial charge in [-0.3, -0.25) is 20.2 Å². The fourth-order valence-electron chi connectivity index (χ4n) is 6.38. The molecule has 61 heavy (non-hydrogen) atoms. The third kappa shape index (κ3) is 15.6. The van der Waals surface area contributed by atoms with E-state index in [1.54, 1.807) is 117 Å². The number of aliphatic hydroxyl groups excluding tert-OH is 1. The predicted molar refractivity (Wildman–Crippen MR) is 229 cm³/mol. The summed E-state index contributed by atoms with van der Waals surface area (Å²) in [5.41, 5.74) is 1.45. The van der Waals surface area contributed by atoms with E-state index in [1.807, 2.05) is 12.1 Å². The zero-order valence-electron chi connectivity index (χ0n) is 36.4. The van der Waals surface area contributed by atoms with Crippen molar-refractivity contribution in [2.24, 2.45) is 0 Å². The summed E-state index contributed by atoms with van der Waals surface area (Å²) in [5, 5.41) is 15.8. The van der Waals surface area contributed by atoms with Crippen LogP contribution in [0.25, 0.3) is 0 Å². The normalized spacial score (nSPS) is 14.6. The summed E-state index contributed by atoms with van der Waals surface area (Å²) < 4.78 is 10.6. The van der Waals surface area contributed by atoms with Crippen LogP contribution in [-0.2, 0) is 32.2 Å². The second-order valence-corrected chi connectivity index (χ2v) is 16.8. The van der Waals surface area contributed by atoms with E-state index in [9.17, 15) is 33.9 Å². The molecule has 0 bridgehead atoms. The number of anilines is 2. The van der Waals surface area contributed by atoms with E-state index < -0.39 is 35.4 Å². The number of rotatable bonds is 8. The van der Waals surface area contributed by atoms with Gasteiger partial charge in [-0.25, -0.2) is 19.2 Å². The Bertz CT molecular complexity index is 2040. The van der Waals surface area contributed by atoms with Crippen LogP contribution in [-0.4, -0.2) is 154 Å². The van der Waals surface area contributed by atoms with E-state index in [1.165, 1.54) is 4.90 Å². The number of amides is 8. The van der Waals surface area contributed by atoms with Crippen molar-refractivity contribution in [1.29, 1.82) is 0 Å². The molecule has 0 spiro atoms. The van der Waals surface area contributed by atoms with Crippen molar-refractivity contribution in [2.45, 2.75) is 78.4 Å². The standard InChI is InChI=1S/C44H58N8O9/c1-43(2,3)60-39(56)45-34-16-12-14-32(28-34)30-47(7)41(58)51-24-20-49(21-25-51)37(54)19-11-9-10-18-36(53)38(55)50-22-26-52(27-23-50)42(59)48(8)31-33-15-13-17-35(29-33)46-40(57)61-44(4,5)6/h12-17,28-29,36,53H,19-27,30-31H2,1-8H3,(H,45,56)(H,46,57). The van der Waals surface area contributed by atoms with Crippen molar-refractivity contribution in [2.75, 3.05) is 77.1 Å². The average molecular weight is 843 g/mol. The smallest absolute Gasteiger partial charge is 0.412 e. The highest BCUT2D eigenvalue weighted by atomic mass is 16.6. The van der Waals surface area contributed by atoms with Crippen molar-refractivity contribution in [3.63, 3.8) is 0 Å². The zero-order chi connectivity index (χ0) is 44.9. The molecule has 0 radical (unpaired) electrons. The largest absolute Gasteiger partial charge is 0.444 e. The lowest BCUT2D eigenvalue weighted by Gasteiger charge is -2.37. The summed E-state index contributed by atoms with van der Waals surface area (Å²) in [6.45, 7) is 13.6. The number of urea groups is 2. The Morgan fingerprint density at radius 2 is 1.07 bits per heavy atom. The molecule has 17 nitrogen and oxygen atoms in total. The average Bonchev–Trinajstić information content (AvgIpc) is 3.18. The molecule has 2 fully saturated rings. The summed E-state index contributed by atoms with van der Waals surface area (Å²) in [5.74, 6) is 9.29. The Morgan fingerprint density at radius 1 is 0.656 bits per heavy atom. The summed E-state index contributed by atoms with van der Waals surface area (Å²) in [6, 6.07) is 13.9. The first kappa shape index (κ1) is 47.2. The predicted octanol–water partition coefficient (Wildman–Crippen LogP) is 4.23. The molecule has 8 amide bonds. The molecule has 2 saturated heterocycles. The molecule has 4 rings (SSSR count). The molecule has 17 heteroatoms. The Hall–Kier alpha value is -6.46. The Balaban J connectivity index is 1.15. The highest BCUT2D eigenvalue weighted by Crippen LogP contribution is 2.18. The highest BCUT2D eigenvalue weighted by Gasteiger charge is 2.29. The molecule has 328 valence electrons. The van der Waals surface area contributed by atoms with Gasteiger partial charge in [0.2, 0.25) is 5.91 Å². The van der Waals surface area contributed by atoms with Gasteiger partial charge >= 0.3 is 24.2 Å². The highest BCUT2D eigenvalue weighted by molar-refractivity contribution is 5.86. The summed E-state index contributed by atoms with van der Waals surface area (Å²) in [4.78, 5) is 85.8. The van der Waals surface area contributed by atoms with E-state index in [-0.39, 0.29) is 57.1 Å². The van der Waals surface area contributed by atoms with Gasteiger partial charge in [-0.2, -0.15) is 0 Å². The van der Waals surface area contributed by atoms with Crippen LogP contribution in [0, 0.1) is 23.7 Å². The van der Waals surface area contributed by atoms with E-state index in [0.717, 1.165) is 11.1 Å². The summed E-state index contributed by atoms with van der Waals surface area (Å²) in [7, 11) is 3.36. The minimum absolute atomic E-state index is 0.112. The molecular weight excluding hydrogens is 785 g/mol. The zero-order valence-corrected chi connectivity index (χ0v) is 36.4. The van der Waals surface area contributed by atoms with Crippen molar-refractivity contribution < 1.29 is 43.3 Å². The number of nitrogens with zero attached hydrogens (tertiary/aromatic N) is 6. The first-order valence-electron chi connectivity index (χ1n) is 20.1. The summed E-state index contributed by atoms with van der Waals surface area (Å²) in [6.07, 6.45) is -2.87. The van der Waals surface area contributed by atoms with Crippen molar-refractivity contribution in [3.05, 3.63) is 59.7 Å². The number of hydrogen-bond acceptors (Lipinski definition) is 9. The molecule has 0 saturated carbocycles. The first-order valence-corrected chi connectivity index (χ1v) is 20.1. The number of benzene rings is 2. The van der Waals surface area contributed by atoms with Gasteiger partial charge in [0.25, 0.3) is 5.91 Å². The SMILES string of the molecule is CN(Cc1cccc(NC(=O)OC(C)(C)C)c1)C(=O)N1CCN(C(=O)CC#CC#CC(O)C(=O)N2CCN(C(=O)N(C)Cc3cccc(NC(=O)OC(C)(C)C)c3)CC2)CC1. The maximum atomic E-state index is 13.2. The fraction of sp³-hybridized carbons (Fsp3) is 0.500. The number of ether oxygens (including phenoxy) is 2. The molecule has 1 unspecified atom stereocenters. The van der Waals surface area contributed by atoms with Crippen LogP contribution < -0.4 is 10.6 Å². The monoisotopic (exact) mass is 842 g/mol. The molecule has 2 aliphatic heterocycles. The lowest BCUT2D eigenvalue weighted by molar-refractivity contribution is -0.138. The second kappa shape index (κ2) is 21.2. The van der Waals surface area contributed by atoms with E-state index >= 15 is 0 Å². The quantitative estimate of drug-likeness (QED) is 0.328. The van der Waals surface area contributed by atoms with Crippen molar-refractivity contribution in [1.82, 2.24) is 29.4 Å². The molecule has 2 aromatic rings. The van der Waals surface area contributed by atoms with Crippen LogP contribution in [0.5, 0.6) is 0 Å². The lowest BCUT2D eigenvalue weighted by atomic mass is 10.2. The molecule has 0 aliphatic carbocycles. The first-order chi connectivity index (χ1) is 28.7. The molecule has 2 aliphatic rings. The van der Waals surface area contributed by atoms with E-state index in [4.69, 9.17) is 9.47 Å². The van der Waals surface area contributed by atoms with Crippen LogP contribution >= 0.6 is 0 Å². The second-order valence-electron chi connectivity index (χ2n) is 16.8. The number of aliphatic hydroxyl groups is 1. The molecule has 3 N–H and O–H groups in total. The molecule has 1 atom stereocenters. The minimum atomic E-state index is -1.61.